The largest absolute Gasteiger partial charge is 0.444 e. The van der Waals surface area contributed by atoms with Gasteiger partial charge in [-0.3, -0.25) is 8.77 Å². The van der Waals surface area contributed by atoms with Crippen LogP contribution in [0.3, 0.4) is 0 Å². The van der Waals surface area contributed by atoms with E-state index in [0.717, 1.165) is 31.4 Å². The van der Waals surface area contributed by atoms with Gasteiger partial charge in [0.15, 0.2) is 5.65 Å². The Balaban J connectivity index is 0.00000141. The van der Waals surface area contributed by atoms with Crippen LogP contribution >= 0.6 is 12.8 Å². The first kappa shape index (κ1) is 24.4. The van der Waals surface area contributed by atoms with Gasteiger partial charge in [0.2, 0.25) is 0 Å². The van der Waals surface area contributed by atoms with Crippen LogP contribution in [-0.4, -0.2) is 56.1 Å². The standard InChI is InChI=1S/C21H29N5O3S.C2H6/c1-21(2,3)29-20(28)25-8-4-5-13(11-25)9-23-19(27)15-12-26(30)18-17(15)24-16(10-22-18)14-6-7-14;1-2/h10,12-14,30H,4-9,11H2,1-3H3,(H,23,27);1-2H3. The van der Waals surface area contributed by atoms with Crippen molar-refractivity contribution in [2.75, 3.05) is 19.6 Å². The summed E-state index contributed by atoms with van der Waals surface area (Å²) in [6.45, 7) is 11.3. The SMILES string of the molecule is CC.CC(C)(C)OC(=O)N1CCCC(CNC(=O)c2cn(S)c3ncc(C4CC4)nc23)C1. The normalized spacial score (nSPS) is 18.7. The van der Waals surface area contributed by atoms with Gasteiger partial charge >= 0.3 is 6.09 Å². The van der Waals surface area contributed by atoms with Crippen LogP contribution in [0, 0.1) is 5.92 Å². The summed E-state index contributed by atoms with van der Waals surface area (Å²) in [6.07, 6.45) is 7.25. The topological polar surface area (TPSA) is 89.4 Å². The van der Waals surface area contributed by atoms with Gasteiger partial charge in [-0.1, -0.05) is 26.7 Å². The average molecular weight is 462 g/mol. The molecule has 1 aliphatic heterocycles. The molecule has 2 aliphatic rings. The zero-order valence-electron chi connectivity index (χ0n) is 19.7. The van der Waals surface area contributed by atoms with E-state index >= 15 is 0 Å². The Bertz CT molecular complexity index is 964. The number of piperidine rings is 1. The molecule has 0 bridgehead atoms. The Morgan fingerprint density at radius 1 is 1.25 bits per heavy atom. The molecule has 2 aromatic heterocycles. The Morgan fingerprint density at radius 3 is 2.62 bits per heavy atom. The molecule has 2 fully saturated rings. The van der Waals surface area contributed by atoms with E-state index in [1.807, 2.05) is 34.6 Å². The van der Waals surface area contributed by atoms with E-state index in [0.29, 0.717) is 42.3 Å². The molecule has 1 saturated heterocycles. The van der Waals surface area contributed by atoms with Crippen LogP contribution in [-0.2, 0) is 4.74 Å². The van der Waals surface area contributed by atoms with Crippen molar-refractivity contribution < 1.29 is 14.3 Å². The van der Waals surface area contributed by atoms with Crippen LogP contribution in [0.25, 0.3) is 11.2 Å². The van der Waals surface area contributed by atoms with Gasteiger partial charge in [0, 0.05) is 31.7 Å². The second-order valence-corrected chi connectivity index (χ2v) is 9.70. The lowest BCUT2D eigenvalue weighted by molar-refractivity contribution is 0.0167. The molecule has 1 saturated carbocycles. The van der Waals surface area contributed by atoms with Crippen LogP contribution in [0.4, 0.5) is 4.79 Å². The second kappa shape index (κ2) is 10.1. The second-order valence-electron chi connectivity index (χ2n) is 9.27. The minimum atomic E-state index is -0.514. The van der Waals surface area contributed by atoms with E-state index in [1.165, 1.54) is 0 Å². The number of rotatable bonds is 4. The molecule has 8 nitrogen and oxygen atoms in total. The fourth-order valence-electron chi connectivity index (χ4n) is 3.79. The molecule has 0 radical (unpaired) electrons. The van der Waals surface area contributed by atoms with Crippen molar-refractivity contribution in [2.24, 2.45) is 5.92 Å². The number of fused-ring (bicyclic) bond motifs is 1. The molecule has 32 heavy (non-hydrogen) atoms. The van der Waals surface area contributed by atoms with E-state index in [-0.39, 0.29) is 17.9 Å². The summed E-state index contributed by atoms with van der Waals surface area (Å²) in [4.78, 5) is 36.1. The summed E-state index contributed by atoms with van der Waals surface area (Å²) in [5.74, 6) is 0.458. The first-order valence-electron chi connectivity index (χ1n) is 11.5. The molecular weight excluding hydrogens is 426 g/mol. The molecule has 4 rings (SSSR count). The molecule has 0 aromatic carbocycles. The smallest absolute Gasteiger partial charge is 0.410 e. The number of nitrogens with zero attached hydrogens (tertiary/aromatic N) is 4. The number of likely N-dealkylation sites (tertiary alicyclic amines) is 1. The zero-order valence-corrected chi connectivity index (χ0v) is 20.6. The Hall–Kier alpha value is -2.29. The molecule has 1 atom stereocenters. The van der Waals surface area contributed by atoms with E-state index in [9.17, 15) is 9.59 Å². The maximum absolute atomic E-state index is 12.9. The molecule has 3 heterocycles. The number of thiol groups is 1. The van der Waals surface area contributed by atoms with Gasteiger partial charge in [0.05, 0.1) is 17.5 Å². The van der Waals surface area contributed by atoms with Crippen LogP contribution in [0.2, 0.25) is 0 Å². The third-order valence-electron chi connectivity index (χ3n) is 5.46. The highest BCUT2D eigenvalue weighted by molar-refractivity contribution is 7.78. The average Bonchev–Trinajstić information content (AvgIpc) is 3.56. The van der Waals surface area contributed by atoms with Crippen LogP contribution in [0.1, 0.15) is 82.3 Å². The van der Waals surface area contributed by atoms with Gasteiger partial charge < -0.3 is 15.0 Å². The first-order chi connectivity index (χ1) is 15.2. The predicted molar refractivity (Wildman–Crippen MR) is 128 cm³/mol. The lowest BCUT2D eigenvalue weighted by atomic mass is 9.98. The number of hydrogen-bond acceptors (Lipinski definition) is 6. The Kier molecular flexibility index (Phi) is 7.69. The molecule has 1 aliphatic carbocycles. The molecule has 2 aromatic rings. The minimum absolute atomic E-state index is 0.188. The minimum Gasteiger partial charge on any atom is -0.444 e. The molecule has 176 valence electrons. The molecule has 9 heteroatoms. The number of amides is 2. The maximum Gasteiger partial charge on any atom is 0.410 e. The highest BCUT2D eigenvalue weighted by Crippen LogP contribution is 2.39. The van der Waals surface area contributed by atoms with Crippen molar-refractivity contribution in [3.05, 3.63) is 23.7 Å². The van der Waals surface area contributed by atoms with Gasteiger partial charge in [0.1, 0.15) is 11.1 Å². The highest BCUT2D eigenvalue weighted by atomic mass is 32.1. The number of carbonyl (C=O) groups excluding carboxylic acids is 2. The molecular formula is C23H35N5O3S. The molecule has 2 amide bonds. The van der Waals surface area contributed by atoms with Gasteiger partial charge in [-0.2, -0.15) is 0 Å². The summed E-state index contributed by atoms with van der Waals surface area (Å²) in [5, 5.41) is 3.01. The van der Waals surface area contributed by atoms with Crippen molar-refractivity contribution in [1.29, 1.82) is 0 Å². The van der Waals surface area contributed by atoms with E-state index in [4.69, 9.17) is 4.74 Å². The fourth-order valence-corrected chi connectivity index (χ4v) is 4.05. The summed E-state index contributed by atoms with van der Waals surface area (Å²) in [6, 6.07) is 0. The monoisotopic (exact) mass is 461 g/mol. The fraction of sp³-hybridized carbons (Fsp3) is 0.652. The Morgan fingerprint density at radius 2 is 1.97 bits per heavy atom. The van der Waals surface area contributed by atoms with E-state index in [2.05, 4.69) is 28.1 Å². The lowest BCUT2D eigenvalue weighted by Gasteiger charge is -2.34. The lowest BCUT2D eigenvalue weighted by Crippen LogP contribution is -2.45. The summed E-state index contributed by atoms with van der Waals surface area (Å²) < 4.78 is 7.02. The Labute approximate surface area is 195 Å². The summed E-state index contributed by atoms with van der Waals surface area (Å²) in [5.41, 5.74) is 2.08. The zero-order chi connectivity index (χ0) is 23.5. The van der Waals surface area contributed by atoms with E-state index < -0.39 is 5.60 Å². The summed E-state index contributed by atoms with van der Waals surface area (Å²) >= 11 is 4.38. The van der Waals surface area contributed by atoms with Gasteiger partial charge in [-0.05, 0) is 52.4 Å². The van der Waals surface area contributed by atoms with Crippen LogP contribution in [0.5, 0.6) is 0 Å². The molecule has 0 spiro atoms. The van der Waals surface area contributed by atoms with Gasteiger partial charge in [0.25, 0.3) is 5.91 Å². The van der Waals surface area contributed by atoms with Crippen LogP contribution < -0.4 is 5.32 Å². The predicted octanol–water partition coefficient (Wildman–Crippen LogP) is 4.40. The third-order valence-corrected chi connectivity index (χ3v) is 5.76. The molecule has 1 unspecified atom stereocenters. The van der Waals surface area contributed by atoms with Crippen molar-refractivity contribution in [3.63, 3.8) is 0 Å². The number of hydrogen-bond donors (Lipinski definition) is 2. The van der Waals surface area contributed by atoms with Crippen molar-refractivity contribution in [3.8, 4) is 0 Å². The summed E-state index contributed by atoms with van der Waals surface area (Å²) in [7, 11) is 0. The van der Waals surface area contributed by atoms with Gasteiger partial charge in [-0.15, -0.1) is 0 Å². The maximum atomic E-state index is 12.9. The van der Waals surface area contributed by atoms with Crippen molar-refractivity contribution in [1.82, 2.24) is 24.2 Å². The van der Waals surface area contributed by atoms with E-state index in [1.54, 1.807) is 21.3 Å². The first-order valence-corrected chi connectivity index (χ1v) is 11.9. The molecule has 1 N–H and O–H groups in total. The number of carbonyl (C=O) groups is 2. The number of aromatic nitrogens is 3. The van der Waals surface area contributed by atoms with Crippen molar-refractivity contribution >= 4 is 36.0 Å². The van der Waals surface area contributed by atoms with Gasteiger partial charge in [-0.25, -0.2) is 14.8 Å². The third kappa shape index (κ3) is 5.94. The number of ether oxygens (including phenoxy) is 1. The van der Waals surface area contributed by atoms with Crippen molar-refractivity contribution in [2.45, 2.75) is 71.8 Å². The number of nitrogens with one attached hydrogen (secondary N) is 1. The quantitative estimate of drug-likeness (QED) is 0.659. The highest BCUT2D eigenvalue weighted by Gasteiger charge is 2.29. The van der Waals surface area contributed by atoms with Crippen LogP contribution in [0.15, 0.2) is 12.4 Å².